The number of hydrogen-bond donors (Lipinski definition) is 1. The molecule has 108 valence electrons. The van der Waals surface area contributed by atoms with E-state index in [9.17, 15) is 0 Å². The Balaban J connectivity index is 2.11. The molecular weight excluding hydrogens is 220 g/mol. The van der Waals surface area contributed by atoms with Crippen molar-refractivity contribution in [1.82, 2.24) is 10.2 Å². The minimum absolute atomic E-state index is 0.694. The lowest BCUT2D eigenvalue weighted by Gasteiger charge is -2.34. The highest BCUT2D eigenvalue weighted by Crippen LogP contribution is 2.13. The molecule has 0 aromatic carbocycles. The van der Waals surface area contributed by atoms with Crippen molar-refractivity contribution in [1.29, 1.82) is 0 Å². The maximum atomic E-state index is 3.82. The molecule has 1 aliphatic rings. The molecule has 1 heterocycles. The summed E-state index contributed by atoms with van der Waals surface area (Å²) in [6, 6.07) is 1.46. The molecule has 0 radical (unpaired) electrons. The molecule has 2 nitrogen and oxygen atoms in total. The van der Waals surface area contributed by atoms with E-state index in [2.05, 4.69) is 37.9 Å². The third-order valence-corrected chi connectivity index (χ3v) is 4.11. The lowest BCUT2D eigenvalue weighted by atomic mass is 10.0. The van der Waals surface area contributed by atoms with Gasteiger partial charge in [-0.3, -0.25) is 0 Å². The molecule has 1 N–H and O–H groups in total. The lowest BCUT2D eigenvalue weighted by molar-refractivity contribution is 0.188. The first-order valence-corrected chi connectivity index (χ1v) is 8.10. The zero-order valence-electron chi connectivity index (χ0n) is 13.0. The molecular formula is C16H34N2. The minimum Gasteiger partial charge on any atom is -0.311 e. The summed E-state index contributed by atoms with van der Waals surface area (Å²) in [5, 5.41) is 3.82. The Bertz CT molecular complexity index is 195. The van der Waals surface area contributed by atoms with Crippen LogP contribution in [0.1, 0.15) is 66.2 Å². The van der Waals surface area contributed by atoms with Crippen molar-refractivity contribution < 1.29 is 0 Å². The SMILES string of the molecule is CCCCN1CCC(NC(C)CCC(C)C)CC1. The van der Waals surface area contributed by atoms with Crippen LogP contribution in [0.4, 0.5) is 0 Å². The van der Waals surface area contributed by atoms with E-state index in [-0.39, 0.29) is 0 Å². The average molecular weight is 254 g/mol. The predicted octanol–water partition coefficient (Wildman–Crippen LogP) is 3.67. The molecule has 0 amide bonds. The van der Waals surface area contributed by atoms with E-state index in [0.29, 0.717) is 6.04 Å². The van der Waals surface area contributed by atoms with Gasteiger partial charge >= 0.3 is 0 Å². The van der Waals surface area contributed by atoms with E-state index >= 15 is 0 Å². The smallest absolute Gasteiger partial charge is 0.00938 e. The minimum atomic E-state index is 0.694. The van der Waals surface area contributed by atoms with Crippen molar-refractivity contribution in [3.63, 3.8) is 0 Å². The zero-order valence-corrected chi connectivity index (χ0v) is 13.0. The van der Waals surface area contributed by atoms with Crippen LogP contribution in [0, 0.1) is 5.92 Å². The monoisotopic (exact) mass is 254 g/mol. The van der Waals surface area contributed by atoms with E-state index in [1.807, 2.05) is 0 Å². The Hall–Kier alpha value is -0.0800. The molecule has 2 heteroatoms. The van der Waals surface area contributed by atoms with Crippen molar-refractivity contribution >= 4 is 0 Å². The maximum absolute atomic E-state index is 3.82. The van der Waals surface area contributed by atoms with Crippen LogP contribution < -0.4 is 5.32 Å². The highest BCUT2D eigenvalue weighted by atomic mass is 15.1. The first kappa shape index (κ1) is 16.0. The zero-order chi connectivity index (χ0) is 13.4. The average Bonchev–Trinajstić information content (AvgIpc) is 2.35. The van der Waals surface area contributed by atoms with Crippen LogP contribution in [-0.4, -0.2) is 36.6 Å². The van der Waals surface area contributed by atoms with E-state index in [1.165, 1.54) is 58.2 Å². The molecule has 18 heavy (non-hydrogen) atoms. The molecule has 1 unspecified atom stereocenters. The molecule has 1 atom stereocenters. The molecule has 0 spiro atoms. The summed E-state index contributed by atoms with van der Waals surface area (Å²) in [5.41, 5.74) is 0. The molecule has 0 aliphatic carbocycles. The van der Waals surface area contributed by atoms with Crippen molar-refractivity contribution in [2.24, 2.45) is 5.92 Å². The molecule has 0 bridgehead atoms. The molecule has 0 aromatic rings. The van der Waals surface area contributed by atoms with Gasteiger partial charge in [0.2, 0.25) is 0 Å². The van der Waals surface area contributed by atoms with Crippen LogP contribution in [0.15, 0.2) is 0 Å². The Morgan fingerprint density at radius 1 is 1.11 bits per heavy atom. The fourth-order valence-electron chi connectivity index (χ4n) is 2.77. The summed E-state index contributed by atoms with van der Waals surface area (Å²) in [4.78, 5) is 2.64. The Morgan fingerprint density at radius 3 is 2.33 bits per heavy atom. The van der Waals surface area contributed by atoms with E-state index < -0.39 is 0 Å². The number of unbranched alkanes of at least 4 members (excludes halogenated alkanes) is 1. The number of piperidine rings is 1. The topological polar surface area (TPSA) is 15.3 Å². The van der Waals surface area contributed by atoms with Gasteiger partial charge in [0.1, 0.15) is 0 Å². The van der Waals surface area contributed by atoms with Gasteiger partial charge in [-0.2, -0.15) is 0 Å². The van der Waals surface area contributed by atoms with Crippen molar-refractivity contribution in [3.05, 3.63) is 0 Å². The van der Waals surface area contributed by atoms with Crippen LogP contribution in [-0.2, 0) is 0 Å². The second-order valence-corrected chi connectivity index (χ2v) is 6.51. The summed E-state index contributed by atoms with van der Waals surface area (Å²) >= 11 is 0. The Labute approximate surface area is 115 Å². The predicted molar refractivity (Wildman–Crippen MR) is 81.0 cm³/mol. The number of hydrogen-bond acceptors (Lipinski definition) is 2. The number of likely N-dealkylation sites (tertiary alicyclic amines) is 1. The molecule has 0 aromatic heterocycles. The van der Waals surface area contributed by atoms with Crippen LogP contribution in [0.3, 0.4) is 0 Å². The fraction of sp³-hybridized carbons (Fsp3) is 1.00. The van der Waals surface area contributed by atoms with Gasteiger partial charge in [0.05, 0.1) is 0 Å². The van der Waals surface area contributed by atoms with Gasteiger partial charge in [-0.25, -0.2) is 0 Å². The van der Waals surface area contributed by atoms with E-state index in [4.69, 9.17) is 0 Å². The van der Waals surface area contributed by atoms with Crippen molar-refractivity contribution in [3.8, 4) is 0 Å². The van der Waals surface area contributed by atoms with Gasteiger partial charge in [0.15, 0.2) is 0 Å². The Morgan fingerprint density at radius 2 is 1.78 bits per heavy atom. The molecule has 1 saturated heterocycles. The van der Waals surface area contributed by atoms with Gasteiger partial charge in [-0.15, -0.1) is 0 Å². The first-order chi connectivity index (χ1) is 8.61. The molecule has 1 aliphatic heterocycles. The normalized spacial score (nSPS) is 20.5. The molecule has 1 fully saturated rings. The summed E-state index contributed by atoms with van der Waals surface area (Å²) < 4.78 is 0. The molecule has 1 rings (SSSR count). The standard InChI is InChI=1S/C16H34N2/c1-5-6-11-18-12-9-16(10-13-18)17-15(4)8-7-14(2)3/h14-17H,5-13H2,1-4H3. The Kier molecular flexibility index (Phi) is 7.92. The van der Waals surface area contributed by atoms with Crippen molar-refractivity contribution in [2.75, 3.05) is 19.6 Å². The van der Waals surface area contributed by atoms with E-state index in [0.717, 1.165) is 12.0 Å². The third kappa shape index (κ3) is 6.75. The van der Waals surface area contributed by atoms with Gasteiger partial charge in [0, 0.05) is 12.1 Å². The largest absolute Gasteiger partial charge is 0.311 e. The highest BCUT2D eigenvalue weighted by Gasteiger charge is 2.19. The van der Waals surface area contributed by atoms with E-state index in [1.54, 1.807) is 0 Å². The maximum Gasteiger partial charge on any atom is 0.00938 e. The quantitative estimate of drug-likeness (QED) is 0.711. The highest BCUT2D eigenvalue weighted by molar-refractivity contribution is 4.79. The van der Waals surface area contributed by atoms with Crippen LogP contribution in [0.5, 0.6) is 0 Å². The number of rotatable bonds is 8. The second-order valence-electron chi connectivity index (χ2n) is 6.51. The number of nitrogens with one attached hydrogen (secondary N) is 1. The fourth-order valence-corrected chi connectivity index (χ4v) is 2.77. The lowest BCUT2D eigenvalue weighted by Crippen LogP contribution is -2.45. The molecule has 0 saturated carbocycles. The van der Waals surface area contributed by atoms with Crippen molar-refractivity contribution in [2.45, 2.75) is 78.3 Å². The third-order valence-electron chi connectivity index (χ3n) is 4.11. The van der Waals surface area contributed by atoms with Gasteiger partial charge in [-0.1, -0.05) is 27.2 Å². The van der Waals surface area contributed by atoms with Gasteiger partial charge in [-0.05, 0) is 64.6 Å². The van der Waals surface area contributed by atoms with Crippen LogP contribution in [0.25, 0.3) is 0 Å². The number of nitrogens with zero attached hydrogens (tertiary/aromatic N) is 1. The summed E-state index contributed by atoms with van der Waals surface area (Å²) in [6.45, 7) is 13.2. The summed E-state index contributed by atoms with van der Waals surface area (Å²) in [5.74, 6) is 0.838. The first-order valence-electron chi connectivity index (χ1n) is 8.10. The summed E-state index contributed by atoms with van der Waals surface area (Å²) in [6.07, 6.45) is 8.05. The van der Waals surface area contributed by atoms with Crippen LogP contribution >= 0.6 is 0 Å². The van der Waals surface area contributed by atoms with Gasteiger partial charge in [0.25, 0.3) is 0 Å². The van der Waals surface area contributed by atoms with Gasteiger partial charge < -0.3 is 10.2 Å². The van der Waals surface area contributed by atoms with Crippen LogP contribution in [0.2, 0.25) is 0 Å². The summed E-state index contributed by atoms with van der Waals surface area (Å²) in [7, 11) is 0. The second kappa shape index (κ2) is 8.92.